The second kappa shape index (κ2) is 8.86. The van der Waals surface area contributed by atoms with E-state index in [1.54, 1.807) is 4.90 Å². The van der Waals surface area contributed by atoms with E-state index in [2.05, 4.69) is 5.32 Å². The zero-order valence-corrected chi connectivity index (χ0v) is 14.3. The minimum absolute atomic E-state index is 0.115. The van der Waals surface area contributed by atoms with E-state index in [0.29, 0.717) is 38.2 Å². The fourth-order valence-electron chi connectivity index (χ4n) is 2.81. The highest BCUT2D eigenvalue weighted by molar-refractivity contribution is 5.76. The molecule has 9 heteroatoms. The van der Waals surface area contributed by atoms with Crippen molar-refractivity contribution in [2.75, 3.05) is 19.6 Å². The van der Waals surface area contributed by atoms with Crippen LogP contribution in [0.25, 0.3) is 0 Å². The summed E-state index contributed by atoms with van der Waals surface area (Å²) in [5, 5.41) is 2.57. The molecule has 2 heterocycles. The molecule has 1 aliphatic heterocycles. The minimum Gasteiger partial charge on any atom is -0.354 e. The lowest BCUT2D eigenvalue weighted by Gasteiger charge is -2.20. The Morgan fingerprint density at radius 2 is 1.92 bits per heavy atom. The maximum atomic E-state index is 12.7. The quantitative estimate of drug-likeness (QED) is 0.773. The number of halogens is 3. The van der Waals surface area contributed by atoms with Crippen molar-refractivity contribution >= 4 is 11.8 Å². The molecule has 0 atom stereocenters. The van der Waals surface area contributed by atoms with Crippen LogP contribution in [-0.4, -0.2) is 40.9 Å². The van der Waals surface area contributed by atoms with Crippen LogP contribution >= 0.6 is 0 Å². The number of likely N-dealkylation sites (tertiary alicyclic amines) is 1. The number of hydrogen-bond donors (Lipinski definition) is 1. The maximum absolute atomic E-state index is 12.7. The highest BCUT2D eigenvalue weighted by Crippen LogP contribution is 2.27. The first-order valence-electron chi connectivity index (χ1n) is 8.59. The lowest BCUT2D eigenvalue weighted by atomic mass is 10.2. The number of amides is 2. The second-order valence-corrected chi connectivity index (χ2v) is 6.28. The monoisotopic (exact) mass is 373 g/mol. The third kappa shape index (κ3) is 5.89. The van der Waals surface area contributed by atoms with Gasteiger partial charge in [-0.15, -0.1) is 0 Å². The van der Waals surface area contributed by atoms with Gasteiger partial charge in [0.1, 0.15) is 6.54 Å². The first kappa shape index (κ1) is 20.0. The third-order valence-corrected chi connectivity index (χ3v) is 4.22. The molecule has 0 aromatic carbocycles. The van der Waals surface area contributed by atoms with Gasteiger partial charge >= 0.3 is 6.18 Å². The van der Waals surface area contributed by atoms with E-state index in [4.69, 9.17) is 0 Å². The lowest BCUT2D eigenvalue weighted by molar-refractivity contribution is -0.138. The summed E-state index contributed by atoms with van der Waals surface area (Å²) in [4.78, 5) is 37.1. The van der Waals surface area contributed by atoms with E-state index >= 15 is 0 Å². The molecule has 0 unspecified atom stereocenters. The van der Waals surface area contributed by atoms with Crippen LogP contribution in [0.15, 0.2) is 23.1 Å². The number of rotatable bonds is 6. The van der Waals surface area contributed by atoms with Gasteiger partial charge in [0.25, 0.3) is 5.56 Å². The van der Waals surface area contributed by atoms with Crippen LogP contribution in [-0.2, 0) is 22.3 Å². The molecule has 2 rings (SSSR count). The Morgan fingerprint density at radius 3 is 2.65 bits per heavy atom. The summed E-state index contributed by atoms with van der Waals surface area (Å²) < 4.78 is 38.8. The molecule has 1 aromatic rings. The molecule has 144 valence electrons. The van der Waals surface area contributed by atoms with Crippen LogP contribution in [0.4, 0.5) is 13.2 Å². The summed E-state index contributed by atoms with van der Waals surface area (Å²) in [6.45, 7) is 1.05. The van der Waals surface area contributed by atoms with Crippen molar-refractivity contribution in [3.63, 3.8) is 0 Å². The molecular weight excluding hydrogens is 351 g/mol. The van der Waals surface area contributed by atoms with E-state index in [-0.39, 0.29) is 12.5 Å². The number of nitrogens with one attached hydrogen (secondary N) is 1. The van der Waals surface area contributed by atoms with Crippen LogP contribution in [0.2, 0.25) is 0 Å². The number of pyridine rings is 1. The number of alkyl halides is 3. The molecule has 6 nitrogen and oxygen atoms in total. The van der Waals surface area contributed by atoms with Gasteiger partial charge in [-0.3, -0.25) is 14.4 Å². The normalized spacial score (nSPS) is 15.7. The van der Waals surface area contributed by atoms with Crippen LogP contribution in [0.5, 0.6) is 0 Å². The number of aromatic nitrogens is 1. The standard InChI is InChI=1S/C17H22F3N3O3/c18-17(19,20)13-6-7-16(26)23(11-13)12-14(24)21-8-4-10-22-9-3-1-2-5-15(22)25/h6-7,11H,1-5,8-10,12H2,(H,21,24). The first-order valence-corrected chi connectivity index (χ1v) is 8.59. The molecule has 1 fully saturated rings. The van der Waals surface area contributed by atoms with Gasteiger partial charge in [0.15, 0.2) is 0 Å². The van der Waals surface area contributed by atoms with Gasteiger partial charge in [-0.1, -0.05) is 6.42 Å². The Labute approximate surface area is 149 Å². The van der Waals surface area contributed by atoms with E-state index in [0.717, 1.165) is 29.9 Å². The fraction of sp³-hybridized carbons (Fsp3) is 0.588. The fourth-order valence-corrected chi connectivity index (χ4v) is 2.81. The molecule has 26 heavy (non-hydrogen) atoms. The summed E-state index contributed by atoms with van der Waals surface area (Å²) in [6.07, 6.45) is 0.0579. The number of hydrogen-bond acceptors (Lipinski definition) is 3. The predicted octanol–water partition coefficient (Wildman–Crippen LogP) is 1.78. The molecule has 0 bridgehead atoms. The molecule has 0 aliphatic carbocycles. The van der Waals surface area contributed by atoms with E-state index in [9.17, 15) is 27.6 Å². The topological polar surface area (TPSA) is 71.4 Å². The number of nitrogens with zero attached hydrogens (tertiary/aromatic N) is 2. The predicted molar refractivity (Wildman–Crippen MR) is 88.4 cm³/mol. The van der Waals surface area contributed by atoms with Gasteiger partial charge in [-0.05, 0) is 25.3 Å². The van der Waals surface area contributed by atoms with Gasteiger partial charge in [-0.25, -0.2) is 0 Å². The Balaban J connectivity index is 1.80. The highest BCUT2D eigenvalue weighted by Gasteiger charge is 2.31. The Kier molecular flexibility index (Phi) is 6.82. The molecule has 1 N–H and O–H groups in total. The Bertz CT molecular complexity index is 700. The van der Waals surface area contributed by atoms with Crippen molar-refractivity contribution in [1.29, 1.82) is 0 Å². The van der Waals surface area contributed by atoms with E-state index in [1.165, 1.54) is 0 Å². The van der Waals surface area contributed by atoms with Crippen LogP contribution < -0.4 is 10.9 Å². The van der Waals surface area contributed by atoms with Crippen molar-refractivity contribution in [2.45, 2.75) is 44.8 Å². The van der Waals surface area contributed by atoms with Crippen molar-refractivity contribution < 1.29 is 22.8 Å². The maximum Gasteiger partial charge on any atom is 0.417 e. The van der Waals surface area contributed by atoms with Crippen LogP contribution in [0.1, 0.15) is 37.7 Å². The van der Waals surface area contributed by atoms with Crippen molar-refractivity contribution in [3.05, 3.63) is 34.2 Å². The highest BCUT2D eigenvalue weighted by atomic mass is 19.4. The SMILES string of the molecule is O=C(Cn1cc(C(F)(F)F)ccc1=O)NCCCN1CCCCCC1=O. The summed E-state index contributed by atoms with van der Waals surface area (Å²) >= 11 is 0. The molecular formula is C17H22F3N3O3. The van der Waals surface area contributed by atoms with Crippen molar-refractivity contribution in [3.8, 4) is 0 Å². The zero-order valence-electron chi connectivity index (χ0n) is 14.3. The summed E-state index contributed by atoms with van der Waals surface area (Å²) in [6, 6.07) is 1.48. The molecule has 1 saturated heterocycles. The Hall–Kier alpha value is -2.32. The zero-order chi connectivity index (χ0) is 19.2. The molecule has 0 saturated carbocycles. The number of carbonyl (C=O) groups excluding carboxylic acids is 2. The second-order valence-electron chi connectivity index (χ2n) is 6.28. The molecule has 1 aromatic heterocycles. The van der Waals surface area contributed by atoms with Crippen LogP contribution in [0.3, 0.4) is 0 Å². The van der Waals surface area contributed by atoms with E-state index < -0.39 is 29.8 Å². The van der Waals surface area contributed by atoms with Crippen molar-refractivity contribution in [1.82, 2.24) is 14.8 Å². The molecule has 2 amide bonds. The molecule has 1 aliphatic rings. The van der Waals surface area contributed by atoms with Gasteiger partial charge < -0.3 is 14.8 Å². The van der Waals surface area contributed by atoms with Gasteiger partial charge in [0, 0.05) is 38.3 Å². The summed E-state index contributed by atoms with van der Waals surface area (Å²) in [7, 11) is 0. The molecule has 0 spiro atoms. The van der Waals surface area contributed by atoms with Crippen molar-refractivity contribution in [2.24, 2.45) is 0 Å². The lowest BCUT2D eigenvalue weighted by Crippen LogP contribution is -2.36. The van der Waals surface area contributed by atoms with E-state index in [1.807, 2.05) is 0 Å². The third-order valence-electron chi connectivity index (χ3n) is 4.22. The smallest absolute Gasteiger partial charge is 0.354 e. The van der Waals surface area contributed by atoms with Crippen LogP contribution in [0, 0.1) is 0 Å². The molecule has 0 radical (unpaired) electrons. The average Bonchev–Trinajstić information content (AvgIpc) is 2.77. The summed E-state index contributed by atoms with van der Waals surface area (Å²) in [5.74, 6) is -0.432. The largest absolute Gasteiger partial charge is 0.417 e. The minimum atomic E-state index is -4.58. The van der Waals surface area contributed by atoms with Gasteiger partial charge in [0.05, 0.1) is 5.56 Å². The average molecular weight is 373 g/mol. The summed E-state index contributed by atoms with van der Waals surface area (Å²) in [5.41, 5.74) is -1.66. The number of carbonyl (C=O) groups is 2. The Morgan fingerprint density at radius 1 is 1.15 bits per heavy atom. The van der Waals surface area contributed by atoms with Gasteiger partial charge in [-0.2, -0.15) is 13.2 Å². The van der Waals surface area contributed by atoms with Gasteiger partial charge in [0.2, 0.25) is 11.8 Å². The first-order chi connectivity index (χ1) is 12.3.